The molecule has 1 N–H and O–H groups in total. The van der Waals surface area contributed by atoms with Gasteiger partial charge in [0.25, 0.3) is 0 Å². The molecule has 0 spiro atoms. The number of fused-ring (bicyclic) bond motifs is 1. The third-order valence-electron chi connectivity index (χ3n) is 3.75. The van der Waals surface area contributed by atoms with Crippen LogP contribution in [0, 0.1) is 6.92 Å². The summed E-state index contributed by atoms with van der Waals surface area (Å²) < 4.78 is 11.2. The molecule has 114 valence electrons. The number of rotatable bonds is 5. The van der Waals surface area contributed by atoms with E-state index in [0.29, 0.717) is 12.4 Å². The molecule has 0 saturated carbocycles. The molecular weight excluding hydrogens is 276 g/mol. The summed E-state index contributed by atoms with van der Waals surface area (Å²) in [5.74, 6) is 1.59. The van der Waals surface area contributed by atoms with Crippen LogP contribution in [0.4, 0.5) is 0 Å². The first-order valence-corrected chi connectivity index (χ1v) is 7.40. The summed E-state index contributed by atoms with van der Waals surface area (Å²) in [6.07, 6.45) is 0. The predicted molar refractivity (Wildman–Crippen MR) is 87.0 cm³/mol. The number of aromatic nitrogens is 1. The molecule has 0 radical (unpaired) electrons. The zero-order chi connectivity index (χ0) is 15.5. The summed E-state index contributed by atoms with van der Waals surface area (Å²) in [6.45, 7) is 4.77. The first-order valence-electron chi connectivity index (χ1n) is 7.40. The van der Waals surface area contributed by atoms with Gasteiger partial charge in [-0.3, -0.25) is 0 Å². The monoisotopic (exact) mass is 296 g/mol. The number of ether oxygens (including phenoxy) is 1. The summed E-state index contributed by atoms with van der Waals surface area (Å²) in [5.41, 5.74) is 4.06. The number of benzene rings is 2. The highest BCUT2D eigenvalue weighted by atomic mass is 16.5. The van der Waals surface area contributed by atoms with Crippen LogP contribution in [0.2, 0.25) is 0 Å². The highest BCUT2D eigenvalue weighted by Crippen LogP contribution is 2.26. The Morgan fingerprint density at radius 1 is 1.23 bits per heavy atom. The van der Waals surface area contributed by atoms with Crippen LogP contribution >= 0.6 is 0 Å². The summed E-state index contributed by atoms with van der Waals surface area (Å²) in [5, 5.41) is 3.44. The molecule has 3 rings (SSSR count). The highest BCUT2D eigenvalue weighted by Gasteiger charge is 2.13. The average Bonchev–Trinajstić information content (AvgIpc) is 2.95. The minimum absolute atomic E-state index is 0.143. The van der Waals surface area contributed by atoms with Gasteiger partial charge in [0.05, 0.1) is 13.7 Å². The highest BCUT2D eigenvalue weighted by molar-refractivity contribution is 5.72. The van der Waals surface area contributed by atoms with Gasteiger partial charge in [-0.25, -0.2) is 4.98 Å². The van der Waals surface area contributed by atoms with Crippen LogP contribution < -0.4 is 10.1 Å². The van der Waals surface area contributed by atoms with Crippen molar-refractivity contribution in [1.29, 1.82) is 0 Å². The van der Waals surface area contributed by atoms with E-state index in [2.05, 4.69) is 36.3 Å². The van der Waals surface area contributed by atoms with Crippen molar-refractivity contribution in [2.45, 2.75) is 26.4 Å². The first kappa shape index (κ1) is 14.6. The Labute approximate surface area is 130 Å². The normalized spacial score (nSPS) is 12.5. The summed E-state index contributed by atoms with van der Waals surface area (Å²) in [4.78, 5) is 4.48. The fourth-order valence-electron chi connectivity index (χ4n) is 2.54. The maximum atomic E-state index is 5.73. The molecular formula is C18H20N2O2. The lowest BCUT2D eigenvalue weighted by molar-refractivity contribution is 0.397. The average molecular weight is 296 g/mol. The van der Waals surface area contributed by atoms with Gasteiger partial charge in [-0.1, -0.05) is 29.8 Å². The lowest BCUT2D eigenvalue weighted by atomic mass is 10.0. The van der Waals surface area contributed by atoms with Crippen molar-refractivity contribution in [3.63, 3.8) is 0 Å². The number of aryl methyl sites for hydroxylation is 1. The van der Waals surface area contributed by atoms with E-state index >= 15 is 0 Å². The molecule has 3 aromatic rings. The number of para-hydroxylation sites is 2. The Kier molecular flexibility index (Phi) is 4.11. The van der Waals surface area contributed by atoms with Crippen LogP contribution in [0.3, 0.4) is 0 Å². The van der Waals surface area contributed by atoms with E-state index < -0.39 is 0 Å². The smallest absolute Gasteiger partial charge is 0.209 e. The molecule has 4 nitrogen and oxygen atoms in total. The summed E-state index contributed by atoms with van der Waals surface area (Å²) in [7, 11) is 1.70. The molecule has 0 fully saturated rings. The van der Waals surface area contributed by atoms with Crippen molar-refractivity contribution in [3.05, 3.63) is 59.5 Å². The van der Waals surface area contributed by atoms with E-state index in [1.807, 2.05) is 30.3 Å². The maximum absolute atomic E-state index is 5.73. The van der Waals surface area contributed by atoms with Gasteiger partial charge < -0.3 is 14.5 Å². The minimum atomic E-state index is 0.143. The Bertz CT molecular complexity index is 747. The van der Waals surface area contributed by atoms with Gasteiger partial charge in [0.15, 0.2) is 5.58 Å². The van der Waals surface area contributed by atoms with Gasteiger partial charge in [-0.2, -0.15) is 0 Å². The first-order chi connectivity index (χ1) is 10.7. The van der Waals surface area contributed by atoms with Crippen LogP contribution in [0.15, 0.2) is 46.9 Å². The van der Waals surface area contributed by atoms with Gasteiger partial charge in [0.2, 0.25) is 5.89 Å². The van der Waals surface area contributed by atoms with Crippen LogP contribution in [0.5, 0.6) is 5.75 Å². The van der Waals surface area contributed by atoms with E-state index in [9.17, 15) is 0 Å². The molecule has 0 aliphatic rings. The lowest BCUT2D eigenvalue weighted by Crippen LogP contribution is -2.19. The predicted octanol–water partition coefficient (Wildman–Crippen LogP) is 4.00. The molecule has 0 aliphatic heterocycles. The van der Waals surface area contributed by atoms with Gasteiger partial charge in [0.1, 0.15) is 11.3 Å². The zero-order valence-electron chi connectivity index (χ0n) is 13.1. The van der Waals surface area contributed by atoms with Gasteiger partial charge in [-0.15, -0.1) is 0 Å². The van der Waals surface area contributed by atoms with Crippen molar-refractivity contribution in [2.75, 3.05) is 7.11 Å². The van der Waals surface area contributed by atoms with E-state index in [4.69, 9.17) is 9.15 Å². The number of nitrogens with zero attached hydrogens (tertiary/aromatic N) is 1. The molecule has 0 unspecified atom stereocenters. The van der Waals surface area contributed by atoms with Crippen molar-refractivity contribution >= 4 is 11.1 Å². The largest absolute Gasteiger partial charge is 0.496 e. The second kappa shape index (κ2) is 6.20. The van der Waals surface area contributed by atoms with Crippen molar-refractivity contribution in [2.24, 2.45) is 0 Å². The second-order valence-corrected chi connectivity index (χ2v) is 5.42. The number of oxazole rings is 1. The molecule has 0 saturated heterocycles. The molecule has 1 heterocycles. The van der Waals surface area contributed by atoms with Gasteiger partial charge in [-0.05, 0) is 32.0 Å². The number of methoxy groups -OCH3 is 1. The SMILES string of the molecule is COc1ccc(C)cc1[C@@H](C)NCc1nc2ccccc2o1. The van der Waals surface area contributed by atoms with E-state index in [1.165, 1.54) is 5.56 Å². The van der Waals surface area contributed by atoms with Crippen LogP contribution in [-0.2, 0) is 6.54 Å². The van der Waals surface area contributed by atoms with Crippen LogP contribution in [-0.4, -0.2) is 12.1 Å². The fraction of sp³-hybridized carbons (Fsp3) is 0.278. The van der Waals surface area contributed by atoms with Crippen LogP contribution in [0.1, 0.15) is 30.0 Å². The zero-order valence-corrected chi connectivity index (χ0v) is 13.1. The third kappa shape index (κ3) is 2.97. The Morgan fingerprint density at radius 2 is 2.05 bits per heavy atom. The molecule has 22 heavy (non-hydrogen) atoms. The minimum Gasteiger partial charge on any atom is -0.496 e. The second-order valence-electron chi connectivity index (χ2n) is 5.42. The van der Waals surface area contributed by atoms with Gasteiger partial charge in [0, 0.05) is 11.6 Å². The van der Waals surface area contributed by atoms with Crippen molar-refractivity contribution in [3.8, 4) is 5.75 Å². The topological polar surface area (TPSA) is 47.3 Å². The van der Waals surface area contributed by atoms with E-state index in [1.54, 1.807) is 7.11 Å². The summed E-state index contributed by atoms with van der Waals surface area (Å²) >= 11 is 0. The van der Waals surface area contributed by atoms with Crippen molar-refractivity contribution < 1.29 is 9.15 Å². The standard InChI is InChI=1S/C18H20N2O2/c1-12-8-9-16(21-3)14(10-12)13(2)19-11-18-20-15-6-4-5-7-17(15)22-18/h4-10,13,19H,11H2,1-3H3/t13-/m1/s1. The molecule has 0 bridgehead atoms. The molecule has 4 heteroatoms. The fourth-order valence-corrected chi connectivity index (χ4v) is 2.54. The Hall–Kier alpha value is -2.33. The molecule has 0 aliphatic carbocycles. The maximum Gasteiger partial charge on any atom is 0.209 e. The Balaban J connectivity index is 1.74. The van der Waals surface area contributed by atoms with E-state index in [0.717, 1.165) is 22.4 Å². The van der Waals surface area contributed by atoms with Gasteiger partial charge >= 0.3 is 0 Å². The molecule has 1 atom stereocenters. The third-order valence-corrected chi connectivity index (χ3v) is 3.75. The lowest BCUT2D eigenvalue weighted by Gasteiger charge is -2.17. The van der Waals surface area contributed by atoms with Crippen molar-refractivity contribution in [1.82, 2.24) is 10.3 Å². The molecule has 0 amide bonds. The Morgan fingerprint density at radius 3 is 2.82 bits per heavy atom. The molecule has 1 aromatic heterocycles. The number of nitrogens with one attached hydrogen (secondary N) is 1. The number of hydrogen-bond acceptors (Lipinski definition) is 4. The quantitative estimate of drug-likeness (QED) is 0.773. The van der Waals surface area contributed by atoms with E-state index in [-0.39, 0.29) is 6.04 Å². The van der Waals surface area contributed by atoms with Crippen LogP contribution in [0.25, 0.3) is 11.1 Å². The molecule has 2 aromatic carbocycles. The number of hydrogen-bond donors (Lipinski definition) is 1. The summed E-state index contributed by atoms with van der Waals surface area (Å²) in [6, 6.07) is 14.1.